The first-order chi connectivity index (χ1) is 14.9. The lowest BCUT2D eigenvalue weighted by Crippen LogP contribution is -2.31. The molecule has 0 bridgehead atoms. The molecule has 0 aliphatic rings. The minimum atomic E-state index is 0.485. The fourth-order valence-corrected chi connectivity index (χ4v) is 4.55. The highest BCUT2D eigenvalue weighted by molar-refractivity contribution is 6.12. The van der Waals surface area contributed by atoms with E-state index in [-0.39, 0.29) is 0 Å². The number of hydrogen-bond acceptors (Lipinski definition) is 2. The molecule has 0 aliphatic carbocycles. The fourth-order valence-electron chi connectivity index (χ4n) is 4.55. The van der Waals surface area contributed by atoms with Gasteiger partial charge >= 0.3 is 0 Å². The molecule has 0 radical (unpaired) electrons. The zero-order valence-corrected chi connectivity index (χ0v) is 18.6. The topological polar surface area (TPSA) is 40.8 Å². The highest BCUT2D eigenvalue weighted by Crippen LogP contribution is 2.40. The molecule has 0 amide bonds. The molecule has 2 heterocycles. The number of nitrogens with zero attached hydrogens (tertiary/aromatic N) is 2. The molecule has 31 heavy (non-hydrogen) atoms. The molecule has 5 aromatic rings. The van der Waals surface area contributed by atoms with Crippen LogP contribution in [-0.4, -0.2) is 0 Å². The summed E-state index contributed by atoms with van der Waals surface area (Å²) in [6, 6.07) is 19.1. The lowest BCUT2D eigenvalue weighted by Gasteiger charge is -2.12. The number of benzene rings is 3. The first-order valence-electron chi connectivity index (χ1n) is 10.7. The van der Waals surface area contributed by atoms with Gasteiger partial charge in [0, 0.05) is 16.8 Å². The van der Waals surface area contributed by atoms with E-state index in [4.69, 9.17) is 4.42 Å². The second-order valence-electron chi connectivity index (χ2n) is 8.77. The summed E-state index contributed by atoms with van der Waals surface area (Å²) in [6.45, 7) is 8.77. The SMILES string of the molecule is Cc1cc2c(oc3cc(C#N)ccc32)c(-c2c3ccc(C(C)C)cc3cc[n+]2C)c1C. The van der Waals surface area contributed by atoms with E-state index in [0.29, 0.717) is 11.5 Å². The van der Waals surface area contributed by atoms with E-state index in [1.54, 1.807) is 0 Å². The van der Waals surface area contributed by atoms with Crippen LogP contribution in [0, 0.1) is 25.2 Å². The number of furan rings is 1. The van der Waals surface area contributed by atoms with Gasteiger partial charge < -0.3 is 4.42 Å². The van der Waals surface area contributed by atoms with Gasteiger partial charge in [0.05, 0.1) is 22.6 Å². The Morgan fingerprint density at radius 2 is 1.71 bits per heavy atom. The lowest BCUT2D eigenvalue weighted by atomic mass is 9.92. The molecule has 0 atom stereocenters. The summed E-state index contributed by atoms with van der Waals surface area (Å²) in [5.74, 6) is 0.485. The van der Waals surface area contributed by atoms with Gasteiger partial charge in [0.15, 0.2) is 6.20 Å². The van der Waals surface area contributed by atoms with E-state index in [0.717, 1.165) is 33.2 Å². The second-order valence-corrected chi connectivity index (χ2v) is 8.77. The summed E-state index contributed by atoms with van der Waals surface area (Å²) in [7, 11) is 2.09. The minimum Gasteiger partial charge on any atom is -0.455 e. The highest BCUT2D eigenvalue weighted by Gasteiger charge is 2.24. The van der Waals surface area contributed by atoms with Crippen molar-refractivity contribution in [1.82, 2.24) is 0 Å². The Kier molecular flexibility index (Phi) is 4.34. The van der Waals surface area contributed by atoms with E-state index in [9.17, 15) is 5.26 Å². The fraction of sp³-hybridized carbons (Fsp3) is 0.214. The van der Waals surface area contributed by atoms with Crippen molar-refractivity contribution in [2.45, 2.75) is 33.6 Å². The number of nitriles is 1. The molecule has 0 fully saturated rings. The molecule has 2 aromatic heterocycles. The predicted octanol–water partition coefficient (Wildman–Crippen LogP) is 6.84. The van der Waals surface area contributed by atoms with Gasteiger partial charge in [-0.1, -0.05) is 26.0 Å². The summed E-state index contributed by atoms with van der Waals surface area (Å²) >= 11 is 0. The third-order valence-corrected chi connectivity index (χ3v) is 6.48. The van der Waals surface area contributed by atoms with Crippen molar-refractivity contribution in [3.63, 3.8) is 0 Å². The number of pyridine rings is 1. The van der Waals surface area contributed by atoms with Crippen molar-refractivity contribution in [3.8, 4) is 17.3 Å². The number of aromatic nitrogens is 1. The van der Waals surface area contributed by atoms with Crippen LogP contribution in [0.5, 0.6) is 0 Å². The molecule has 5 rings (SSSR count). The van der Waals surface area contributed by atoms with Crippen molar-refractivity contribution in [2.75, 3.05) is 0 Å². The van der Waals surface area contributed by atoms with Gasteiger partial charge in [-0.15, -0.1) is 0 Å². The molecule has 0 spiro atoms. The van der Waals surface area contributed by atoms with Crippen LogP contribution in [0.2, 0.25) is 0 Å². The van der Waals surface area contributed by atoms with Crippen LogP contribution in [0.25, 0.3) is 44.0 Å². The molecular weight excluding hydrogens is 380 g/mol. The maximum atomic E-state index is 9.31. The van der Waals surface area contributed by atoms with E-state index in [2.05, 4.69) is 81.9 Å². The number of hydrogen-bond donors (Lipinski definition) is 0. The summed E-state index contributed by atoms with van der Waals surface area (Å²) in [4.78, 5) is 0. The van der Waals surface area contributed by atoms with Crippen LogP contribution in [0.4, 0.5) is 0 Å². The van der Waals surface area contributed by atoms with E-state index >= 15 is 0 Å². The average Bonchev–Trinajstić information content (AvgIpc) is 3.12. The second kappa shape index (κ2) is 6.96. The average molecular weight is 406 g/mol. The van der Waals surface area contributed by atoms with Gasteiger partial charge in [-0.05, 0) is 72.2 Å². The van der Waals surface area contributed by atoms with E-state index < -0.39 is 0 Å². The van der Waals surface area contributed by atoms with Gasteiger partial charge in [-0.3, -0.25) is 0 Å². The van der Waals surface area contributed by atoms with Crippen LogP contribution >= 0.6 is 0 Å². The Hall–Kier alpha value is -3.64. The highest BCUT2D eigenvalue weighted by atomic mass is 16.3. The predicted molar refractivity (Wildman–Crippen MR) is 126 cm³/mol. The molecule has 3 nitrogen and oxygen atoms in total. The summed E-state index contributed by atoms with van der Waals surface area (Å²) in [5.41, 5.74) is 8.29. The molecule has 0 unspecified atom stereocenters. The molecular formula is C28H25N2O+. The summed E-state index contributed by atoms with van der Waals surface area (Å²) < 4.78 is 8.60. The van der Waals surface area contributed by atoms with Crippen LogP contribution in [0.15, 0.2) is 59.1 Å². The quantitative estimate of drug-likeness (QED) is 0.302. The van der Waals surface area contributed by atoms with E-state index in [1.807, 2.05) is 18.2 Å². The molecule has 0 saturated heterocycles. The maximum Gasteiger partial charge on any atom is 0.224 e. The van der Waals surface area contributed by atoms with Crippen molar-refractivity contribution in [1.29, 1.82) is 5.26 Å². The maximum absolute atomic E-state index is 9.31. The zero-order chi connectivity index (χ0) is 21.9. The van der Waals surface area contributed by atoms with Gasteiger partial charge in [-0.25, -0.2) is 4.57 Å². The minimum absolute atomic E-state index is 0.485. The van der Waals surface area contributed by atoms with Crippen molar-refractivity contribution in [3.05, 3.63) is 77.0 Å². The molecule has 0 aliphatic heterocycles. The van der Waals surface area contributed by atoms with Gasteiger partial charge in [-0.2, -0.15) is 5.26 Å². The van der Waals surface area contributed by atoms with Gasteiger partial charge in [0.2, 0.25) is 5.69 Å². The molecule has 3 aromatic carbocycles. The van der Waals surface area contributed by atoms with Crippen LogP contribution in [0.3, 0.4) is 0 Å². The Balaban J connectivity index is 1.92. The van der Waals surface area contributed by atoms with Crippen molar-refractivity contribution >= 4 is 32.7 Å². The molecule has 152 valence electrons. The van der Waals surface area contributed by atoms with Gasteiger partial charge in [0.25, 0.3) is 0 Å². The Bertz CT molecular complexity index is 1550. The van der Waals surface area contributed by atoms with Crippen LogP contribution in [0.1, 0.15) is 42.0 Å². The van der Waals surface area contributed by atoms with Crippen molar-refractivity contribution in [2.24, 2.45) is 7.05 Å². The number of fused-ring (bicyclic) bond motifs is 4. The summed E-state index contributed by atoms with van der Waals surface area (Å²) in [5, 5.41) is 13.9. The number of rotatable bonds is 2. The summed E-state index contributed by atoms with van der Waals surface area (Å²) in [6.07, 6.45) is 2.13. The zero-order valence-electron chi connectivity index (χ0n) is 18.6. The normalized spacial score (nSPS) is 11.6. The first kappa shape index (κ1) is 19.3. The number of aryl methyl sites for hydroxylation is 2. The third kappa shape index (κ3) is 2.91. The largest absolute Gasteiger partial charge is 0.455 e. The molecule has 0 saturated carbocycles. The Morgan fingerprint density at radius 3 is 2.45 bits per heavy atom. The molecule has 3 heteroatoms. The molecule has 0 N–H and O–H groups in total. The Labute approximate surface area is 182 Å². The standard InChI is InChI=1S/C28H25N2O/c1-16(2)20-7-9-22-21(14-20)10-11-30(5)27(22)26-18(4)17(3)12-24-23-8-6-19(15-29)13-25(23)31-28(24)26/h6-14,16H,1-5H3/q+1. The van der Waals surface area contributed by atoms with Crippen LogP contribution < -0.4 is 4.57 Å². The van der Waals surface area contributed by atoms with Gasteiger partial charge in [0.1, 0.15) is 18.2 Å². The van der Waals surface area contributed by atoms with Crippen molar-refractivity contribution < 1.29 is 8.98 Å². The van der Waals surface area contributed by atoms with Crippen LogP contribution in [-0.2, 0) is 7.05 Å². The smallest absolute Gasteiger partial charge is 0.224 e. The monoisotopic (exact) mass is 405 g/mol. The van der Waals surface area contributed by atoms with E-state index in [1.165, 1.54) is 27.5 Å². The Morgan fingerprint density at radius 1 is 0.935 bits per heavy atom. The first-order valence-corrected chi connectivity index (χ1v) is 10.7. The third-order valence-electron chi connectivity index (χ3n) is 6.48. The lowest BCUT2D eigenvalue weighted by molar-refractivity contribution is -0.659.